The molecular weight excluding hydrogens is 276 g/mol. The quantitative estimate of drug-likeness (QED) is 0.857. The third-order valence-electron chi connectivity index (χ3n) is 4.44. The zero-order valence-corrected chi connectivity index (χ0v) is 12.1. The van der Waals surface area contributed by atoms with E-state index < -0.39 is 5.97 Å². The zero-order valence-electron chi connectivity index (χ0n) is 12.1. The molecule has 2 heterocycles. The highest BCUT2D eigenvalue weighted by Crippen LogP contribution is 2.35. The van der Waals surface area contributed by atoms with Gasteiger partial charge in [0.05, 0.1) is 11.1 Å². The van der Waals surface area contributed by atoms with Crippen LogP contribution in [-0.4, -0.2) is 21.9 Å². The monoisotopic (exact) mass is 292 g/mol. The Balaban J connectivity index is 2.00. The highest BCUT2D eigenvalue weighted by Gasteiger charge is 2.19. The van der Waals surface area contributed by atoms with E-state index >= 15 is 0 Å². The van der Waals surface area contributed by atoms with E-state index in [0.29, 0.717) is 5.56 Å². The second kappa shape index (κ2) is 4.98. The second-order valence-electron chi connectivity index (χ2n) is 5.77. The van der Waals surface area contributed by atoms with Crippen molar-refractivity contribution < 1.29 is 9.90 Å². The average Bonchev–Trinajstić information content (AvgIpc) is 2.86. The molecule has 0 saturated carbocycles. The van der Waals surface area contributed by atoms with Gasteiger partial charge in [0.2, 0.25) is 0 Å². The first kappa shape index (κ1) is 13.1. The van der Waals surface area contributed by atoms with Crippen LogP contribution in [0.5, 0.6) is 0 Å². The van der Waals surface area contributed by atoms with Crippen molar-refractivity contribution in [3.8, 4) is 0 Å². The molecule has 2 aromatic rings. The minimum absolute atomic E-state index is 0.310. The number of carboxylic acids is 1. The van der Waals surface area contributed by atoms with Gasteiger partial charge in [-0.05, 0) is 55.0 Å². The summed E-state index contributed by atoms with van der Waals surface area (Å²) in [6.07, 6.45) is 10.2. The van der Waals surface area contributed by atoms with E-state index in [0.717, 1.165) is 29.4 Å². The van der Waals surface area contributed by atoms with Gasteiger partial charge in [0.25, 0.3) is 0 Å². The summed E-state index contributed by atoms with van der Waals surface area (Å²) in [6, 6.07) is 7.44. The van der Waals surface area contributed by atoms with E-state index in [9.17, 15) is 9.90 Å². The highest BCUT2D eigenvalue weighted by atomic mass is 16.4. The Bertz CT molecular complexity index is 869. The van der Waals surface area contributed by atoms with Crippen molar-refractivity contribution in [3.63, 3.8) is 0 Å². The third-order valence-corrected chi connectivity index (χ3v) is 4.44. The minimum atomic E-state index is -0.900. The predicted octanol–water partition coefficient (Wildman–Crippen LogP) is 4.18. The molecule has 110 valence electrons. The van der Waals surface area contributed by atoms with E-state index in [1.807, 2.05) is 18.5 Å². The van der Waals surface area contributed by atoms with Crippen molar-refractivity contribution in [1.29, 1.82) is 0 Å². The molecule has 1 aliphatic carbocycles. The van der Waals surface area contributed by atoms with E-state index in [-0.39, 0.29) is 0 Å². The van der Waals surface area contributed by atoms with Crippen LogP contribution in [0.25, 0.3) is 22.7 Å². The van der Waals surface area contributed by atoms with Crippen LogP contribution in [0.1, 0.15) is 41.7 Å². The van der Waals surface area contributed by atoms with Gasteiger partial charge in [0.1, 0.15) is 0 Å². The molecule has 4 nitrogen and oxygen atoms in total. The Morgan fingerprint density at radius 1 is 1.18 bits per heavy atom. The first-order chi connectivity index (χ1) is 10.7. The number of benzene rings is 1. The zero-order chi connectivity index (χ0) is 15.1. The molecule has 0 spiro atoms. The summed E-state index contributed by atoms with van der Waals surface area (Å²) in [6.45, 7) is 0. The first-order valence-electron chi connectivity index (χ1n) is 7.54. The van der Waals surface area contributed by atoms with Crippen LogP contribution in [0, 0.1) is 0 Å². The second-order valence-corrected chi connectivity index (χ2v) is 5.77. The fourth-order valence-electron chi connectivity index (χ4n) is 3.35. The molecule has 0 atom stereocenters. The number of fused-ring (bicyclic) bond motifs is 4. The summed E-state index contributed by atoms with van der Waals surface area (Å²) in [5.41, 5.74) is 5.03. The molecule has 0 saturated heterocycles. The van der Waals surface area contributed by atoms with Crippen molar-refractivity contribution >= 4 is 34.9 Å². The summed E-state index contributed by atoms with van der Waals surface area (Å²) in [5, 5.41) is 10.3. The van der Waals surface area contributed by atoms with Gasteiger partial charge in [0.15, 0.2) is 0 Å². The van der Waals surface area contributed by atoms with Crippen LogP contribution in [0.3, 0.4) is 0 Å². The summed E-state index contributed by atoms with van der Waals surface area (Å²) in [5.74, 6) is -0.900. The lowest BCUT2D eigenvalue weighted by Gasteiger charge is -2.19. The molecule has 4 heteroatoms. The van der Waals surface area contributed by atoms with E-state index in [1.165, 1.54) is 24.0 Å². The number of rotatable bonds is 1. The van der Waals surface area contributed by atoms with Gasteiger partial charge in [-0.25, -0.2) is 4.79 Å². The topological polar surface area (TPSA) is 54.6 Å². The fraction of sp³-hybridized carbons (Fsp3) is 0.222. The molecule has 22 heavy (non-hydrogen) atoms. The number of allylic oxidation sites excluding steroid dienone is 2. The number of carboxylic acid groups (broad SMARTS) is 1. The molecule has 0 amide bonds. The Kier molecular flexibility index (Phi) is 2.96. The first-order valence-corrected chi connectivity index (χ1v) is 7.54. The number of aliphatic imine (C=N–C) groups is 1. The summed E-state index contributed by atoms with van der Waals surface area (Å²) >= 11 is 0. The number of carbonyl (C=O) groups is 1. The largest absolute Gasteiger partial charge is 0.478 e. The molecule has 0 bridgehead atoms. The average molecular weight is 292 g/mol. The molecule has 0 unspecified atom stereocenters. The molecule has 1 N–H and O–H groups in total. The standard InChI is InChI=1S/C18H16N2O2/c21-18(22)13-6-5-12-9-17-15-4-2-1-3-14(15)11-19-7-8-20(17)16(12)10-13/h5-11H,1-4H2,(H,21,22). The van der Waals surface area contributed by atoms with Crippen molar-refractivity contribution in [2.45, 2.75) is 25.7 Å². The van der Waals surface area contributed by atoms with Crippen molar-refractivity contribution in [3.05, 3.63) is 47.3 Å². The normalized spacial score (nSPS) is 17.1. The van der Waals surface area contributed by atoms with E-state index in [4.69, 9.17) is 0 Å². The van der Waals surface area contributed by atoms with E-state index in [2.05, 4.69) is 15.6 Å². The number of nitrogens with zero attached hydrogens (tertiary/aromatic N) is 2. The van der Waals surface area contributed by atoms with Crippen LogP contribution in [0.2, 0.25) is 0 Å². The van der Waals surface area contributed by atoms with Gasteiger partial charge in [-0.2, -0.15) is 0 Å². The fourth-order valence-corrected chi connectivity index (χ4v) is 3.35. The number of aromatic nitrogens is 1. The SMILES string of the molecule is O=C(O)c1ccc2cc3n(c2c1)C=CN=CC1=C3CCCC1. The summed E-state index contributed by atoms with van der Waals surface area (Å²) in [4.78, 5) is 15.6. The van der Waals surface area contributed by atoms with Gasteiger partial charge in [-0.3, -0.25) is 4.99 Å². The van der Waals surface area contributed by atoms with Gasteiger partial charge in [-0.15, -0.1) is 0 Å². The molecular formula is C18H16N2O2. The van der Waals surface area contributed by atoms with Crippen molar-refractivity contribution in [2.24, 2.45) is 4.99 Å². The maximum Gasteiger partial charge on any atom is 0.335 e. The number of hydrogen-bond donors (Lipinski definition) is 1. The van der Waals surface area contributed by atoms with Crippen LogP contribution >= 0.6 is 0 Å². The third kappa shape index (κ3) is 1.99. The van der Waals surface area contributed by atoms with Crippen LogP contribution in [-0.2, 0) is 0 Å². The molecule has 1 aromatic heterocycles. The maximum absolute atomic E-state index is 11.2. The van der Waals surface area contributed by atoms with Gasteiger partial charge in [-0.1, -0.05) is 6.07 Å². The molecule has 0 fully saturated rings. The minimum Gasteiger partial charge on any atom is -0.478 e. The van der Waals surface area contributed by atoms with Crippen molar-refractivity contribution in [1.82, 2.24) is 4.57 Å². The molecule has 1 aliphatic heterocycles. The number of aromatic carboxylic acids is 1. The Hall–Kier alpha value is -2.62. The van der Waals surface area contributed by atoms with Crippen molar-refractivity contribution in [2.75, 3.05) is 0 Å². The Morgan fingerprint density at radius 2 is 2.05 bits per heavy atom. The Morgan fingerprint density at radius 3 is 2.91 bits per heavy atom. The lowest BCUT2D eigenvalue weighted by molar-refractivity contribution is 0.0697. The van der Waals surface area contributed by atoms with Gasteiger partial charge >= 0.3 is 5.97 Å². The molecule has 4 rings (SSSR count). The van der Waals surface area contributed by atoms with Gasteiger partial charge < -0.3 is 9.67 Å². The van der Waals surface area contributed by atoms with Crippen LogP contribution in [0.15, 0.2) is 41.0 Å². The molecule has 0 radical (unpaired) electrons. The highest BCUT2D eigenvalue weighted by molar-refractivity contribution is 5.98. The molecule has 2 aliphatic rings. The lowest BCUT2D eigenvalue weighted by atomic mass is 9.90. The predicted molar refractivity (Wildman–Crippen MR) is 88.1 cm³/mol. The molecule has 1 aromatic carbocycles. The van der Waals surface area contributed by atoms with Crippen LogP contribution in [0.4, 0.5) is 0 Å². The lowest BCUT2D eigenvalue weighted by Crippen LogP contribution is -2.05. The maximum atomic E-state index is 11.2. The van der Waals surface area contributed by atoms with E-state index in [1.54, 1.807) is 18.3 Å². The summed E-state index contributed by atoms with van der Waals surface area (Å²) in [7, 11) is 0. The summed E-state index contributed by atoms with van der Waals surface area (Å²) < 4.78 is 2.07. The number of hydrogen-bond acceptors (Lipinski definition) is 2. The smallest absolute Gasteiger partial charge is 0.335 e. The van der Waals surface area contributed by atoms with Crippen LogP contribution < -0.4 is 0 Å². The Labute approximate surface area is 128 Å². The van der Waals surface area contributed by atoms with Gasteiger partial charge in [0, 0.05) is 29.7 Å².